The van der Waals surface area contributed by atoms with E-state index in [-0.39, 0.29) is 71.4 Å². The van der Waals surface area contributed by atoms with Gasteiger partial charge in [-0.2, -0.15) is 0 Å². The number of amides is 10. The highest BCUT2D eigenvalue weighted by molar-refractivity contribution is 6.32. The van der Waals surface area contributed by atoms with Crippen LogP contribution in [0.1, 0.15) is 200 Å². The molecule has 22 N–H and O–H groups in total. The molecule has 3 saturated heterocycles. The molecule has 3 fully saturated rings. The average molecular weight is 1860 g/mol. The van der Waals surface area contributed by atoms with E-state index in [0.717, 1.165) is 125 Å². The number of urea groups is 1. The second kappa shape index (κ2) is 43.8. The van der Waals surface area contributed by atoms with Gasteiger partial charge in [-0.25, -0.2) is 14.4 Å². The first kappa shape index (κ1) is 98.6. The average Bonchev–Trinajstić information content (AvgIpc) is 1.71. The van der Waals surface area contributed by atoms with Gasteiger partial charge in [0.15, 0.2) is 36.0 Å². The predicted molar refractivity (Wildman–Crippen MR) is 473 cm³/mol. The number of halogens is 2. The van der Waals surface area contributed by atoms with Crippen molar-refractivity contribution in [2.75, 3.05) is 32.1 Å². The van der Waals surface area contributed by atoms with Gasteiger partial charge in [0.1, 0.15) is 89.5 Å². The smallest absolute Gasteiger partial charge is 0.408 e. The highest BCUT2D eigenvalue weighted by Crippen LogP contribution is 2.51. The van der Waals surface area contributed by atoms with Crippen LogP contribution in [0.5, 0.6) is 46.0 Å². The monoisotopic (exact) mass is 1860 g/mol. The molecule has 0 spiro atoms. The lowest BCUT2D eigenvalue weighted by atomic mass is 9.86. The molecule has 0 aliphatic carbocycles. The number of aliphatic hydroxyl groups excluding tert-OH is 5. The van der Waals surface area contributed by atoms with E-state index in [0.29, 0.717) is 18.5 Å². The molecule has 11 bridgehead atoms. The SMILES string of the molecule is CCCCCCc1ccc(NC(=O)NCCCCNCc2c(O)cc3c(c2O)-c2cc(ccc2O)[C@H]2NC(=O)[C@@H]4NC(=O)[C@H](CC(N)=O)NC(=O)[C@H](NC(=O)[C@@H](CC(C)C)NC)[C@H](O)c5ccc(c(Cl)c5)Oc5cc4cc(c5O[C@@H]4O[C@H](CO)[C@@H](O)[C@H](O)[C@H]4O[C@H]4C[C@]5(C)NC(=O)O[C@@H]5[C@H](C)O4)Oc4ccc(cc4Cl)[C@@H](O)[C@H](NC2=O)C(=O)N[C@@H]3C(=O)O)cc1CCCCCC. The van der Waals surface area contributed by atoms with E-state index >= 15 is 24.0 Å². The Morgan fingerprint density at radius 3 is 1.93 bits per heavy atom. The van der Waals surface area contributed by atoms with Crippen LogP contribution in [-0.4, -0.2) is 211 Å². The Kier molecular flexibility index (Phi) is 32.9. The summed E-state index contributed by atoms with van der Waals surface area (Å²) in [5.74, 6) is -16.3. The minimum absolute atomic E-state index is 0.117. The van der Waals surface area contributed by atoms with Gasteiger partial charge in [-0.1, -0.05) is 114 Å². The third-order valence-electron chi connectivity index (χ3n) is 24.0. The number of hydrogen-bond acceptors (Lipinski definition) is 27. The van der Waals surface area contributed by atoms with Gasteiger partial charge >= 0.3 is 18.1 Å². The van der Waals surface area contributed by atoms with Crippen LogP contribution in [0, 0.1) is 5.92 Å². The van der Waals surface area contributed by atoms with Crippen molar-refractivity contribution in [1.29, 1.82) is 0 Å². The van der Waals surface area contributed by atoms with Gasteiger partial charge in [0.25, 0.3) is 0 Å². The number of aromatic hydroxyl groups is 3. The summed E-state index contributed by atoms with van der Waals surface area (Å²) in [5.41, 5.74) is 4.52. The van der Waals surface area contributed by atoms with Crippen LogP contribution in [0.4, 0.5) is 15.3 Å². The van der Waals surface area contributed by atoms with Crippen LogP contribution in [-0.2, 0) is 76.7 Å². The molecule has 10 amide bonds. The first-order valence-corrected chi connectivity index (χ1v) is 44.6. The van der Waals surface area contributed by atoms with E-state index in [1.165, 1.54) is 30.3 Å². The maximum absolute atomic E-state index is 16.5. The lowest BCUT2D eigenvalue weighted by Gasteiger charge is -2.46. The number of nitrogens with two attached hydrogens (primary N) is 1. The van der Waals surface area contributed by atoms with Crippen molar-refractivity contribution in [3.05, 3.63) is 146 Å². The van der Waals surface area contributed by atoms with Crippen molar-refractivity contribution in [3.63, 3.8) is 0 Å². The number of fused-ring (bicyclic) bond motifs is 16. The molecule has 8 heterocycles. The van der Waals surface area contributed by atoms with E-state index < -0.39 is 249 Å². The van der Waals surface area contributed by atoms with Gasteiger partial charge in [-0.3, -0.25) is 33.6 Å². The third kappa shape index (κ3) is 23.4. The number of aryl methyl sites for hydroxylation is 2. The Bertz CT molecular complexity index is 5230. The maximum atomic E-state index is 16.5. The Morgan fingerprint density at radius 1 is 0.664 bits per heavy atom. The fraction of sp³-hybridized carbons (Fsp3) is 0.495. The van der Waals surface area contributed by atoms with Gasteiger partial charge in [0.05, 0.1) is 46.3 Å². The highest BCUT2D eigenvalue weighted by Gasteiger charge is 2.56. The number of rotatable bonds is 31. The molecule has 0 radical (unpaired) electrons. The maximum Gasteiger partial charge on any atom is 0.408 e. The van der Waals surface area contributed by atoms with Crippen LogP contribution in [0.25, 0.3) is 11.1 Å². The minimum atomic E-state index is -2.39. The van der Waals surface area contributed by atoms with E-state index in [4.69, 9.17) is 62.1 Å². The lowest BCUT2D eigenvalue weighted by molar-refractivity contribution is -0.332. The van der Waals surface area contributed by atoms with Crippen LogP contribution >= 0.6 is 23.2 Å². The number of hydrogen-bond donors (Lipinski definition) is 21. The fourth-order valence-electron chi connectivity index (χ4n) is 17.1. The number of likely N-dealkylation sites (N-methyl/N-ethyl adjacent to an activating group) is 1. The largest absolute Gasteiger partial charge is 0.507 e. The number of carbonyl (C=O) groups excluding carboxylic acids is 9. The number of phenolic OH excluding ortho intramolecular Hbond substituents is 3. The van der Waals surface area contributed by atoms with Crippen molar-refractivity contribution in [1.82, 2.24) is 53.2 Å². The van der Waals surface area contributed by atoms with Crippen LogP contribution in [0.15, 0.2) is 91.0 Å². The topological polar surface area (TPSA) is 576 Å². The zero-order valence-electron chi connectivity index (χ0n) is 73.3. The van der Waals surface area contributed by atoms with Gasteiger partial charge in [0, 0.05) is 41.9 Å². The Hall–Kier alpha value is -11.4. The molecule has 38 nitrogen and oxygen atoms in total. The van der Waals surface area contributed by atoms with Gasteiger partial charge in [-0.15, -0.1) is 0 Å². The fourth-order valence-corrected chi connectivity index (χ4v) is 17.5. The molecule has 8 aliphatic rings. The summed E-state index contributed by atoms with van der Waals surface area (Å²) in [5, 5.41) is 136. The number of nitrogens with one attached hydrogen (secondary N) is 11. The number of aliphatic carboxylic acids is 1. The van der Waals surface area contributed by atoms with E-state index in [2.05, 4.69) is 78.4 Å². The summed E-state index contributed by atoms with van der Waals surface area (Å²) < 4.78 is 44.6. The minimum Gasteiger partial charge on any atom is -0.507 e. The second-order valence-electron chi connectivity index (χ2n) is 34.3. The number of alkyl carbamates (subject to hydrolysis) is 1. The van der Waals surface area contributed by atoms with Crippen LogP contribution < -0.4 is 78.4 Å². The van der Waals surface area contributed by atoms with E-state index in [1.807, 2.05) is 26.0 Å². The Balaban J connectivity index is 0.959. The highest BCUT2D eigenvalue weighted by atomic mass is 35.5. The summed E-state index contributed by atoms with van der Waals surface area (Å²) in [6.45, 7) is 10.3. The number of carbonyl (C=O) groups is 10. The molecule has 18 atom stereocenters. The molecule has 6 aromatic carbocycles. The Morgan fingerprint density at radius 2 is 1.30 bits per heavy atom. The molecule has 6 aromatic rings. The summed E-state index contributed by atoms with van der Waals surface area (Å²) in [7, 11) is 1.47. The number of aliphatic hydroxyl groups is 5. The lowest BCUT2D eigenvalue weighted by Crippen LogP contribution is -2.63. The molecule has 0 saturated carbocycles. The molecular formula is C91H114Cl2N12O26. The van der Waals surface area contributed by atoms with Gasteiger partial charge in [-0.05, 0) is 178 Å². The third-order valence-corrected chi connectivity index (χ3v) is 24.6. The predicted octanol–water partition coefficient (Wildman–Crippen LogP) is 6.83. The quantitative estimate of drug-likeness (QED) is 0.0198. The molecule has 0 aromatic heterocycles. The summed E-state index contributed by atoms with van der Waals surface area (Å²) in [6, 6.07) is 3.98. The molecule has 131 heavy (non-hydrogen) atoms. The van der Waals surface area contributed by atoms with Gasteiger partial charge < -0.3 is 143 Å². The number of carboxylic acids is 1. The molecule has 14 rings (SSSR count). The number of unbranched alkanes of at least 4 members (excludes halogenated alkanes) is 7. The second-order valence-corrected chi connectivity index (χ2v) is 35.1. The number of benzene rings is 6. The molecule has 8 aliphatic heterocycles. The number of ether oxygens (including phenoxy) is 7. The van der Waals surface area contributed by atoms with Gasteiger partial charge in [0.2, 0.25) is 53.4 Å². The first-order valence-electron chi connectivity index (χ1n) is 43.9. The molecular weight excluding hydrogens is 1750 g/mol. The van der Waals surface area contributed by atoms with Crippen molar-refractivity contribution in [3.8, 4) is 57.1 Å². The van der Waals surface area contributed by atoms with Crippen molar-refractivity contribution in [2.45, 2.75) is 254 Å². The van der Waals surface area contributed by atoms with Crippen molar-refractivity contribution < 1.29 is 127 Å². The van der Waals surface area contributed by atoms with E-state index in [9.17, 15) is 69.9 Å². The summed E-state index contributed by atoms with van der Waals surface area (Å²) in [6.07, 6.45) is -7.43. The Labute approximate surface area is 764 Å². The normalized spacial score (nSPS) is 25.6. The van der Waals surface area contributed by atoms with Crippen molar-refractivity contribution in [2.24, 2.45) is 11.7 Å². The number of anilines is 1. The number of carboxylic acid groups (broad SMARTS) is 1. The molecule has 0 unspecified atom stereocenters. The van der Waals surface area contributed by atoms with E-state index in [1.54, 1.807) is 13.8 Å². The summed E-state index contributed by atoms with van der Waals surface area (Å²) >= 11 is 14.4. The van der Waals surface area contributed by atoms with Crippen LogP contribution in [0.3, 0.4) is 0 Å². The standard InChI is InChI=1S/C91H114Cl2N12O26/c1-8-10-12-14-18-44-20-24-50(31-45(44)19-15-13-11-9-2)98-89(123)97-29-17-16-28-96-40-53-59(108)37-52-67(75(53)112)51-32-46(21-25-58(51)107)68-83(117)104-72(86(120)102-70(52)87(121)122)74(111)48-23-27-61(55(93)34-48)127-63-36-49-35-62(78(63)130-88-79(77(114)76(113)64(41-106)128-88)129-66-39-91(6)80(43(5)125-66)131-90(124)105-91)126-60-26-22-47(33-54(60)92)73(110)71(103-81(115)56(95-7)30-42(3)4)85(119)99-57(38-65(94)109)82(116)100-69(49)84(118)101-68/h20-27,31-37,42-43,56-57,64,66,68-74,76-77,79-80,88,95-96,106-108,110-114H,8-19,28-30,38-41H2,1-7H3,(H2,94,109)(H,99,119)(H,100,116)(H,101,118)(H,102,120)(H,103,115)(H,104,117)(H,105,124)(H,121,122)(H2,97,98,123)/t43-,56+,57-,64+,66-,68+,69+,70-,71+,72-,73+,74+,76+,77-,79+,80+,88-,91-/m0/s1. The zero-order valence-corrected chi connectivity index (χ0v) is 74.8. The summed E-state index contributed by atoms with van der Waals surface area (Å²) in [4.78, 5) is 146. The first-order chi connectivity index (χ1) is 62.5. The van der Waals surface area contributed by atoms with Crippen molar-refractivity contribution >= 4 is 88.3 Å². The zero-order chi connectivity index (χ0) is 94.6. The number of phenols is 3. The van der Waals surface area contributed by atoms with Crippen LogP contribution in [0.2, 0.25) is 10.0 Å². The molecule has 708 valence electrons. The molecule has 40 heteroatoms. The number of primary amides is 1.